The van der Waals surface area contributed by atoms with Crippen LogP contribution in [-0.2, 0) is 21.2 Å². The highest BCUT2D eigenvalue weighted by molar-refractivity contribution is 9.10. The third-order valence-electron chi connectivity index (χ3n) is 7.26. The standard InChI is InChI=1S/C28H33BrN2O5S/c1-2-6-26(31-17-4-3-5-18-31)36-24-11-13-25(14-12-24)37(34,35)28(27(32)33)15-19-30(20-16-28)21-22-7-9-23(29)10-8-22/h7-14,26H,3-5,15-21H2,1H3,(H,32,33). The van der Waals surface area contributed by atoms with Crippen LogP contribution in [0.25, 0.3) is 0 Å². The summed E-state index contributed by atoms with van der Waals surface area (Å²) in [5.74, 6) is 5.23. The zero-order valence-corrected chi connectivity index (χ0v) is 23.4. The first-order valence-electron chi connectivity index (χ1n) is 12.6. The quantitative estimate of drug-likeness (QED) is 0.452. The van der Waals surface area contributed by atoms with Crippen molar-refractivity contribution in [2.24, 2.45) is 0 Å². The van der Waals surface area contributed by atoms with Crippen LogP contribution in [0.2, 0.25) is 0 Å². The molecule has 2 heterocycles. The second kappa shape index (κ2) is 12.0. The average Bonchev–Trinajstić information content (AvgIpc) is 2.91. The summed E-state index contributed by atoms with van der Waals surface area (Å²) >= 11 is 3.43. The van der Waals surface area contributed by atoms with E-state index in [1.54, 1.807) is 19.1 Å². The van der Waals surface area contributed by atoms with Crippen LogP contribution in [-0.4, -0.2) is 66.4 Å². The molecular formula is C28H33BrN2O5S. The minimum absolute atomic E-state index is 0.000271. The fourth-order valence-corrected chi connectivity index (χ4v) is 7.20. The highest BCUT2D eigenvalue weighted by Crippen LogP contribution is 2.37. The van der Waals surface area contributed by atoms with E-state index in [4.69, 9.17) is 4.74 Å². The summed E-state index contributed by atoms with van der Waals surface area (Å²) < 4.78 is 32.5. The SMILES string of the molecule is CC#CC(Oc1ccc(S(=O)(=O)C2(C(=O)O)CCN(Cc3ccc(Br)cc3)CC2)cc1)N1CCCCC1. The van der Waals surface area contributed by atoms with Crippen molar-refractivity contribution in [2.75, 3.05) is 26.2 Å². The molecule has 0 spiro atoms. The Bertz CT molecular complexity index is 1240. The van der Waals surface area contributed by atoms with Crippen molar-refractivity contribution in [3.63, 3.8) is 0 Å². The van der Waals surface area contributed by atoms with E-state index in [-0.39, 0.29) is 17.7 Å². The zero-order valence-electron chi connectivity index (χ0n) is 21.0. The molecule has 2 aliphatic rings. The fourth-order valence-electron chi connectivity index (χ4n) is 5.04. The molecule has 37 heavy (non-hydrogen) atoms. The Labute approximate surface area is 227 Å². The van der Waals surface area contributed by atoms with Gasteiger partial charge < -0.3 is 9.84 Å². The minimum atomic E-state index is -4.13. The fraction of sp³-hybridized carbons (Fsp3) is 0.464. The Kier molecular flexibility index (Phi) is 8.96. The van der Waals surface area contributed by atoms with E-state index in [2.05, 4.69) is 37.6 Å². The van der Waals surface area contributed by atoms with E-state index in [1.807, 2.05) is 24.3 Å². The number of benzene rings is 2. The summed E-state index contributed by atoms with van der Waals surface area (Å²) in [7, 11) is -4.13. The van der Waals surface area contributed by atoms with Crippen LogP contribution >= 0.6 is 15.9 Å². The van der Waals surface area contributed by atoms with Crippen molar-refractivity contribution < 1.29 is 23.1 Å². The molecule has 0 saturated carbocycles. The van der Waals surface area contributed by atoms with Gasteiger partial charge in [-0.15, -0.1) is 5.92 Å². The molecule has 2 aliphatic heterocycles. The van der Waals surface area contributed by atoms with Crippen molar-refractivity contribution in [1.82, 2.24) is 9.80 Å². The molecule has 2 saturated heterocycles. The van der Waals surface area contributed by atoms with E-state index >= 15 is 0 Å². The Morgan fingerprint density at radius 2 is 1.65 bits per heavy atom. The van der Waals surface area contributed by atoms with Crippen molar-refractivity contribution in [2.45, 2.75) is 61.4 Å². The van der Waals surface area contributed by atoms with E-state index in [9.17, 15) is 18.3 Å². The van der Waals surface area contributed by atoms with Crippen LogP contribution < -0.4 is 4.74 Å². The maximum Gasteiger partial charge on any atom is 0.325 e. The monoisotopic (exact) mass is 588 g/mol. The highest BCUT2D eigenvalue weighted by atomic mass is 79.9. The van der Waals surface area contributed by atoms with Crippen molar-refractivity contribution >= 4 is 31.7 Å². The van der Waals surface area contributed by atoms with Gasteiger partial charge in [0, 0.05) is 37.2 Å². The number of nitrogens with zero attached hydrogens (tertiary/aromatic N) is 2. The molecule has 2 aromatic rings. The number of sulfone groups is 1. The molecule has 1 atom stereocenters. The number of aliphatic carboxylic acids is 1. The summed E-state index contributed by atoms with van der Waals surface area (Å²) in [5.41, 5.74) is 1.10. The lowest BCUT2D eigenvalue weighted by Gasteiger charge is -2.38. The van der Waals surface area contributed by atoms with Crippen molar-refractivity contribution in [3.8, 4) is 17.6 Å². The molecule has 1 N–H and O–H groups in total. The number of carbonyl (C=O) groups is 1. The van der Waals surface area contributed by atoms with Gasteiger partial charge in [-0.3, -0.25) is 14.6 Å². The molecule has 2 fully saturated rings. The lowest BCUT2D eigenvalue weighted by molar-refractivity contribution is -0.141. The average molecular weight is 590 g/mol. The van der Waals surface area contributed by atoms with Gasteiger partial charge in [0.2, 0.25) is 6.23 Å². The number of likely N-dealkylation sites (tertiary alicyclic amines) is 2. The predicted molar refractivity (Wildman–Crippen MR) is 146 cm³/mol. The van der Waals surface area contributed by atoms with Gasteiger partial charge in [-0.25, -0.2) is 8.42 Å². The van der Waals surface area contributed by atoms with Crippen molar-refractivity contribution in [1.29, 1.82) is 0 Å². The van der Waals surface area contributed by atoms with Gasteiger partial charge in [-0.1, -0.05) is 34.5 Å². The van der Waals surface area contributed by atoms with Gasteiger partial charge in [0.05, 0.1) is 4.90 Å². The number of hydrogen-bond acceptors (Lipinski definition) is 6. The number of ether oxygens (including phenoxy) is 1. The first-order chi connectivity index (χ1) is 17.7. The summed E-state index contributed by atoms with van der Waals surface area (Å²) in [4.78, 5) is 16.7. The molecule has 0 bridgehead atoms. The molecule has 4 rings (SSSR count). The molecular weight excluding hydrogens is 556 g/mol. The maximum absolute atomic E-state index is 13.7. The van der Waals surface area contributed by atoms with E-state index in [0.717, 1.165) is 36.0 Å². The Morgan fingerprint density at radius 1 is 1.03 bits per heavy atom. The minimum Gasteiger partial charge on any atom is -0.480 e. The largest absolute Gasteiger partial charge is 0.480 e. The lowest BCUT2D eigenvalue weighted by atomic mass is 9.95. The van der Waals surface area contributed by atoms with Gasteiger partial charge in [-0.2, -0.15) is 0 Å². The third kappa shape index (κ3) is 6.20. The lowest BCUT2D eigenvalue weighted by Crippen LogP contribution is -2.54. The molecule has 0 aliphatic carbocycles. The normalized spacial score (nSPS) is 19.4. The van der Waals surface area contributed by atoms with E-state index in [1.165, 1.54) is 18.6 Å². The summed E-state index contributed by atoms with van der Waals surface area (Å²) in [5, 5.41) is 10.1. The van der Waals surface area contributed by atoms with Crippen LogP contribution in [0.1, 0.15) is 44.6 Å². The Morgan fingerprint density at radius 3 is 2.22 bits per heavy atom. The summed E-state index contributed by atoms with van der Waals surface area (Å²) in [6, 6.07) is 14.0. The zero-order chi connectivity index (χ0) is 26.5. The summed E-state index contributed by atoms with van der Waals surface area (Å²) in [6.45, 7) is 5.00. The van der Waals surface area contributed by atoms with Crippen molar-refractivity contribution in [3.05, 3.63) is 58.6 Å². The van der Waals surface area contributed by atoms with Gasteiger partial charge in [-0.05, 0) is 80.5 Å². The third-order valence-corrected chi connectivity index (χ3v) is 10.3. The number of piperidine rings is 2. The van der Waals surface area contributed by atoms with Crippen LogP contribution in [0.3, 0.4) is 0 Å². The number of rotatable bonds is 8. The Hall–Kier alpha value is -2.38. The Balaban J connectivity index is 1.47. The maximum atomic E-state index is 13.7. The molecule has 9 heteroatoms. The number of hydrogen-bond donors (Lipinski definition) is 1. The first kappa shape index (κ1) is 27.6. The van der Waals surface area contributed by atoms with Crippen LogP contribution in [0.15, 0.2) is 57.9 Å². The molecule has 198 valence electrons. The van der Waals surface area contributed by atoms with Gasteiger partial charge >= 0.3 is 5.97 Å². The van der Waals surface area contributed by atoms with Gasteiger partial charge in [0.15, 0.2) is 14.6 Å². The smallest absolute Gasteiger partial charge is 0.325 e. The topological polar surface area (TPSA) is 87.1 Å². The molecule has 0 amide bonds. The summed E-state index contributed by atoms with van der Waals surface area (Å²) in [6.07, 6.45) is 3.06. The van der Waals surface area contributed by atoms with E-state index < -0.39 is 26.8 Å². The van der Waals surface area contributed by atoms with Crippen LogP contribution in [0.5, 0.6) is 5.75 Å². The van der Waals surface area contributed by atoms with E-state index in [0.29, 0.717) is 25.4 Å². The number of halogens is 1. The molecule has 7 nitrogen and oxygen atoms in total. The predicted octanol–water partition coefficient (Wildman–Crippen LogP) is 4.56. The van der Waals surface area contributed by atoms with Gasteiger partial charge in [0.25, 0.3) is 0 Å². The highest BCUT2D eigenvalue weighted by Gasteiger charge is 2.53. The van der Waals surface area contributed by atoms with Gasteiger partial charge in [0.1, 0.15) is 5.75 Å². The van der Waals surface area contributed by atoms with Crippen LogP contribution in [0, 0.1) is 11.8 Å². The molecule has 2 aromatic carbocycles. The number of carboxylic acids is 1. The molecule has 0 aromatic heterocycles. The second-order valence-electron chi connectivity index (χ2n) is 9.64. The number of carboxylic acid groups (broad SMARTS) is 1. The second-order valence-corrected chi connectivity index (χ2v) is 12.8. The van der Waals surface area contributed by atoms with Crippen LogP contribution in [0.4, 0.5) is 0 Å². The first-order valence-corrected chi connectivity index (χ1v) is 14.9. The molecule has 0 radical (unpaired) electrons. The molecule has 1 unspecified atom stereocenters.